The summed E-state index contributed by atoms with van der Waals surface area (Å²) in [5.74, 6) is 1.72. The fourth-order valence-electron chi connectivity index (χ4n) is 1.43. The lowest BCUT2D eigenvalue weighted by Gasteiger charge is -2.15. The summed E-state index contributed by atoms with van der Waals surface area (Å²) >= 11 is 0. The van der Waals surface area contributed by atoms with E-state index in [9.17, 15) is 4.57 Å². The predicted octanol–water partition coefficient (Wildman–Crippen LogP) is 4.74. The molecule has 0 aromatic carbocycles. The topological polar surface area (TPSA) is 35.5 Å². The lowest BCUT2D eigenvalue weighted by Crippen LogP contribution is -1.94. The highest BCUT2D eigenvalue weighted by molar-refractivity contribution is 7.57. The highest BCUT2D eigenvalue weighted by atomic mass is 31.2. The molecule has 4 heteroatoms. The zero-order chi connectivity index (χ0) is 12.4. The Morgan fingerprint density at radius 3 is 2.06 bits per heavy atom. The number of rotatable bonds is 9. The molecule has 0 aliphatic rings. The largest absolute Gasteiger partial charge is 0.354 e. The number of hydrogen-bond donors (Lipinski definition) is 0. The lowest BCUT2D eigenvalue weighted by molar-refractivity contribution is 0.228. The van der Waals surface area contributed by atoms with Gasteiger partial charge in [0.2, 0.25) is 0 Å². The van der Waals surface area contributed by atoms with E-state index in [0.717, 1.165) is 25.7 Å². The SMILES string of the molecule is CCCC/C(=C\P(=O)(OCC)OCC)CC. The number of unbranched alkanes of at least 4 members (excludes halogenated alkanes) is 1. The zero-order valence-corrected chi connectivity index (χ0v) is 11.9. The van der Waals surface area contributed by atoms with Crippen LogP contribution >= 0.6 is 7.60 Å². The fourth-order valence-corrected chi connectivity index (χ4v) is 3.13. The summed E-state index contributed by atoms with van der Waals surface area (Å²) in [5.41, 5.74) is 1.17. The van der Waals surface area contributed by atoms with E-state index in [1.54, 1.807) is 5.82 Å². The van der Waals surface area contributed by atoms with Crippen molar-refractivity contribution in [1.82, 2.24) is 0 Å². The van der Waals surface area contributed by atoms with Gasteiger partial charge in [-0.25, -0.2) is 0 Å². The monoisotopic (exact) mass is 248 g/mol. The Bertz CT molecular complexity index is 239. The van der Waals surface area contributed by atoms with Crippen LogP contribution in [0.5, 0.6) is 0 Å². The van der Waals surface area contributed by atoms with Crippen LogP contribution in [0.2, 0.25) is 0 Å². The van der Waals surface area contributed by atoms with Gasteiger partial charge in [0.1, 0.15) is 0 Å². The number of hydrogen-bond acceptors (Lipinski definition) is 3. The second kappa shape index (κ2) is 8.98. The second-order valence-corrected chi connectivity index (χ2v) is 5.47. The van der Waals surface area contributed by atoms with Crippen LogP contribution in [-0.2, 0) is 13.6 Å². The van der Waals surface area contributed by atoms with Gasteiger partial charge in [0.05, 0.1) is 13.2 Å². The average molecular weight is 248 g/mol. The van der Waals surface area contributed by atoms with E-state index in [1.165, 1.54) is 5.57 Å². The molecule has 3 nitrogen and oxygen atoms in total. The average Bonchev–Trinajstić information content (AvgIpc) is 2.25. The van der Waals surface area contributed by atoms with Crippen LogP contribution in [0.4, 0.5) is 0 Å². The second-order valence-electron chi connectivity index (χ2n) is 3.62. The van der Waals surface area contributed by atoms with Gasteiger partial charge < -0.3 is 9.05 Å². The van der Waals surface area contributed by atoms with Gasteiger partial charge in [0, 0.05) is 5.82 Å². The van der Waals surface area contributed by atoms with Crippen molar-refractivity contribution in [2.45, 2.75) is 53.4 Å². The van der Waals surface area contributed by atoms with Crippen LogP contribution in [0.1, 0.15) is 53.4 Å². The molecule has 0 unspecified atom stereocenters. The molecule has 0 radical (unpaired) electrons. The molecule has 0 aliphatic carbocycles. The quantitative estimate of drug-likeness (QED) is 0.553. The standard InChI is InChI=1S/C12H25O3P/c1-5-9-10-12(6-2)11-16(13,14-7-3)15-8-4/h11H,5-10H2,1-4H3/b12-11-. The van der Waals surface area contributed by atoms with Gasteiger partial charge in [-0.15, -0.1) is 0 Å². The van der Waals surface area contributed by atoms with Crippen LogP contribution in [0.25, 0.3) is 0 Å². The molecular weight excluding hydrogens is 223 g/mol. The molecule has 0 saturated heterocycles. The first-order valence-electron chi connectivity index (χ1n) is 6.21. The summed E-state index contributed by atoms with van der Waals surface area (Å²) in [6, 6.07) is 0. The van der Waals surface area contributed by atoms with E-state index in [1.807, 2.05) is 13.8 Å². The first kappa shape index (κ1) is 15.9. The van der Waals surface area contributed by atoms with Crippen molar-refractivity contribution < 1.29 is 13.6 Å². The van der Waals surface area contributed by atoms with Crippen molar-refractivity contribution in [3.8, 4) is 0 Å². The summed E-state index contributed by atoms with van der Waals surface area (Å²) < 4.78 is 22.7. The third-order valence-electron chi connectivity index (χ3n) is 2.26. The van der Waals surface area contributed by atoms with Crippen molar-refractivity contribution >= 4 is 7.60 Å². The molecule has 0 fully saturated rings. The molecule has 0 aliphatic heterocycles. The summed E-state index contributed by atoms with van der Waals surface area (Å²) in [5, 5.41) is 0. The van der Waals surface area contributed by atoms with E-state index in [2.05, 4.69) is 13.8 Å². The fraction of sp³-hybridized carbons (Fsp3) is 0.833. The Morgan fingerprint density at radius 1 is 1.12 bits per heavy atom. The Hall–Kier alpha value is -0.110. The Balaban J connectivity index is 4.63. The van der Waals surface area contributed by atoms with Crippen molar-refractivity contribution in [2.75, 3.05) is 13.2 Å². The molecule has 0 aromatic rings. The summed E-state index contributed by atoms with van der Waals surface area (Å²) in [4.78, 5) is 0. The molecule has 0 aromatic heterocycles. The lowest BCUT2D eigenvalue weighted by atomic mass is 10.1. The predicted molar refractivity (Wildman–Crippen MR) is 68.8 cm³/mol. The molecule has 96 valence electrons. The highest BCUT2D eigenvalue weighted by Crippen LogP contribution is 2.51. The molecule has 0 atom stereocenters. The van der Waals surface area contributed by atoms with Crippen molar-refractivity contribution in [2.24, 2.45) is 0 Å². The van der Waals surface area contributed by atoms with Gasteiger partial charge in [0.25, 0.3) is 0 Å². The molecule has 0 amide bonds. The first-order valence-corrected chi connectivity index (χ1v) is 7.82. The van der Waals surface area contributed by atoms with Crippen molar-refractivity contribution in [3.05, 3.63) is 11.4 Å². The minimum Gasteiger partial charge on any atom is -0.306 e. The van der Waals surface area contributed by atoms with E-state index < -0.39 is 7.60 Å². The number of allylic oxidation sites excluding steroid dienone is 1. The van der Waals surface area contributed by atoms with Crippen LogP contribution in [0.3, 0.4) is 0 Å². The molecule has 0 heterocycles. The highest BCUT2D eigenvalue weighted by Gasteiger charge is 2.20. The van der Waals surface area contributed by atoms with Gasteiger partial charge >= 0.3 is 7.60 Å². The van der Waals surface area contributed by atoms with Gasteiger partial charge in [-0.2, -0.15) is 0 Å². The maximum absolute atomic E-state index is 12.2. The van der Waals surface area contributed by atoms with E-state index in [0.29, 0.717) is 13.2 Å². The molecule has 0 saturated carbocycles. The first-order chi connectivity index (χ1) is 7.61. The van der Waals surface area contributed by atoms with E-state index >= 15 is 0 Å². The Morgan fingerprint density at radius 2 is 1.69 bits per heavy atom. The van der Waals surface area contributed by atoms with Crippen LogP contribution in [0.15, 0.2) is 11.4 Å². The molecule has 0 N–H and O–H groups in total. The van der Waals surface area contributed by atoms with Gasteiger partial charge in [0.15, 0.2) is 0 Å². The van der Waals surface area contributed by atoms with Gasteiger partial charge in [-0.05, 0) is 33.1 Å². The van der Waals surface area contributed by atoms with Crippen LogP contribution in [0, 0.1) is 0 Å². The molecule has 16 heavy (non-hydrogen) atoms. The Kier molecular flexibility index (Phi) is 8.91. The van der Waals surface area contributed by atoms with Crippen LogP contribution < -0.4 is 0 Å². The molecular formula is C12H25O3P. The van der Waals surface area contributed by atoms with E-state index in [-0.39, 0.29) is 0 Å². The molecule has 0 bridgehead atoms. The summed E-state index contributed by atoms with van der Waals surface area (Å²) in [6.45, 7) is 8.72. The normalized spacial score (nSPS) is 13.1. The minimum absolute atomic E-state index is 0.415. The third-order valence-corrected chi connectivity index (χ3v) is 4.18. The molecule has 0 spiro atoms. The van der Waals surface area contributed by atoms with Gasteiger partial charge in [-0.1, -0.05) is 25.8 Å². The smallest absolute Gasteiger partial charge is 0.306 e. The molecule has 0 rings (SSSR count). The summed E-state index contributed by atoms with van der Waals surface area (Å²) in [6.07, 6.45) is 4.16. The van der Waals surface area contributed by atoms with Crippen molar-refractivity contribution in [3.63, 3.8) is 0 Å². The Labute approximate surface area is 99.8 Å². The maximum Gasteiger partial charge on any atom is 0.354 e. The minimum atomic E-state index is -2.99. The summed E-state index contributed by atoms with van der Waals surface area (Å²) in [7, 11) is -2.99. The zero-order valence-electron chi connectivity index (χ0n) is 11.0. The van der Waals surface area contributed by atoms with E-state index in [4.69, 9.17) is 9.05 Å². The maximum atomic E-state index is 12.2. The third kappa shape index (κ3) is 6.47. The van der Waals surface area contributed by atoms with Crippen LogP contribution in [-0.4, -0.2) is 13.2 Å². The van der Waals surface area contributed by atoms with Gasteiger partial charge in [-0.3, -0.25) is 4.57 Å². The van der Waals surface area contributed by atoms with Crippen molar-refractivity contribution in [1.29, 1.82) is 0 Å².